The molecular weight excluding hydrogens is 360 g/mol. The van der Waals surface area contributed by atoms with Crippen molar-refractivity contribution in [1.29, 1.82) is 0 Å². The number of amides is 2. The molecule has 0 aliphatic rings. The van der Waals surface area contributed by atoms with E-state index in [2.05, 4.69) is 10.6 Å². The lowest BCUT2D eigenvalue weighted by atomic mass is 10.1. The van der Waals surface area contributed by atoms with Gasteiger partial charge in [-0.3, -0.25) is 9.59 Å². The van der Waals surface area contributed by atoms with Gasteiger partial charge in [-0.25, -0.2) is 0 Å². The van der Waals surface area contributed by atoms with E-state index in [9.17, 15) is 9.59 Å². The number of carbonyl (C=O) groups excluding carboxylic acids is 2. The Kier molecular flexibility index (Phi) is 5.88. The van der Waals surface area contributed by atoms with Gasteiger partial charge < -0.3 is 15.4 Å². The van der Waals surface area contributed by atoms with E-state index in [1.807, 2.05) is 43.5 Å². The van der Waals surface area contributed by atoms with Crippen molar-refractivity contribution in [2.24, 2.45) is 0 Å². The number of rotatable bonds is 6. The third kappa shape index (κ3) is 4.95. The van der Waals surface area contributed by atoms with Crippen LogP contribution in [-0.2, 0) is 4.79 Å². The van der Waals surface area contributed by atoms with Crippen molar-refractivity contribution in [2.75, 3.05) is 17.2 Å². The number of ether oxygens (including phenoxy) is 1. The van der Waals surface area contributed by atoms with E-state index in [1.54, 1.807) is 30.3 Å². The molecule has 2 N–H and O–H groups in total. The number of hydrogen-bond donors (Lipinski definition) is 2. The van der Waals surface area contributed by atoms with Gasteiger partial charge in [0.1, 0.15) is 5.75 Å². The topological polar surface area (TPSA) is 67.4 Å². The first-order valence-corrected chi connectivity index (χ1v) is 9.34. The molecular formula is C21H20N2O3S. The molecule has 0 aliphatic carbocycles. The van der Waals surface area contributed by atoms with Crippen LogP contribution < -0.4 is 15.4 Å². The summed E-state index contributed by atoms with van der Waals surface area (Å²) in [5.74, 6) is 0.256. The summed E-state index contributed by atoms with van der Waals surface area (Å²) in [5, 5.41) is 7.45. The van der Waals surface area contributed by atoms with Gasteiger partial charge in [0.2, 0.25) is 0 Å². The zero-order valence-electron chi connectivity index (χ0n) is 15.1. The van der Waals surface area contributed by atoms with Crippen LogP contribution in [0.5, 0.6) is 5.75 Å². The van der Waals surface area contributed by atoms with Gasteiger partial charge in [-0.05, 0) is 60.7 Å². The molecule has 0 aliphatic heterocycles. The Hall–Kier alpha value is -3.12. The molecule has 0 radical (unpaired) electrons. The van der Waals surface area contributed by atoms with Crippen LogP contribution >= 0.6 is 11.3 Å². The normalized spacial score (nSPS) is 10.3. The molecule has 0 atom stereocenters. The zero-order valence-corrected chi connectivity index (χ0v) is 15.9. The van der Waals surface area contributed by atoms with Crippen molar-refractivity contribution in [2.45, 2.75) is 13.8 Å². The predicted octanol–water partition coefficient (Wildman–Crippen LogP) is 4.63. The number of anilines is 2. The smallest absolute Gasteiger partial charge is 0.265 e. The number of nitrogens with one attached hydrogen (secondary N) is 2. The lowest BCUT2D eigenvalue weighted by Crippen LogP contribution is -2.20. The molecule has 5 nitrogen and oxygen atoms in total. The summed E-state index contributed by atoms with van der Waals surface area (Å²) in [6.45, 7) is 3.87. The number of benzene rings is 2. The molecule has 27 heavy (non-hydrogen) atoms. The van der Waals surface area contributed by atoms with Gasteiger partial charge in [0.25, 0.3) is 11.8 Å². The maximum Gasteiger partial charge on any atom is 0.265 e. The minimum absolute atomic E-state index is 0.0872. The van der Waals surface area contributed by atoms with E-state index >= 15 is 0 Å². The molecule has 6 heteroatoms. The Labute approximate surface area is 162 Å². The predicted molar refractivity (Wildman–Crippen MR) is 109 cm³/mol. The van der Waals surface area contributed by atoms with Crippen LogP contribution in [-0.4, -0.2) is 18.4 Å². The summed E-state index contributed by atoms with van der Waals surface area (Å²) in [7, 11) is 0. The van der Waals surface area contributed by atoms with Gasteiger partial charge in [-0.1, -0.05) is 24.3 Å². The Morgan fingerprint density at radius 2 is 1.70 bits per heavy atom. The van der Waals surface area contributed by atoms with Gasteiger partial charge in [0.05, 0.1) is 4.88 Å². The highest BCUT2D eigenvalue weighted by Crippen LogP contribution is 2.21. The second kappa shape index (κ2) is 8.51. The first-order valence-electron chi connectivity index (χ1n) is 8.47. The van der Waals surface area contributed by atoms with Crippen molar-refractivity contribution < 1.29 is 14.3 Å². The van der Waals surface area contributed by atoms with Crippen molar-refractivity contribution in [3.05, 3.63) is 76.0 Å². The molecule has 0 spiro atoms. The first kappa shape index (κ1) is 18.7. The summed E-state index contributed by atoms with van der Waals surface area (Å²) in [5.41, 5.74) is 3.33. The van der Waals surface area contributed by atoms with Gasteiger partial charge in [0, 0.05) is 11.4 Å². The molecule has 0 saturated heterocycles. The van der Waals surface area contributed by atoms with Crippen LogP contribution in [0.15, 0.2) is 60.0 Å². The average Bonchev–Trinajstić information content (AvgIpc) is 3.18. The lowest BCUT2D eigenvalue weighted by Gasteiger charge is -2.11. The minimum atomic E-state index is -0.266. The average molecular weight is 380 g/mol. The van der Waals surface area contributed by atoms with Crippen LogP contribution in [0.4, 0.5) is 11.4 Å². The number of aryl methyl sites for hydroxylation is 1. The third-order valence-electron chi connectivity index (χ3n) is 4.06. The molecule has 0 saturated carbocycles. The second-order valence-corrected chi connectivity index (χ2v) is 6.99. The first-order chi connectivity index (χ1) is 13.0. The van der Waals surface area contributed by atoms with Gasteiger partial charge in [-0.2, -0.15) is 0 Å². The summed E-state index contributed by atoms with van der Waals surface area (Å²) in [6, 6.07) is 16.3. The van der Waals surface area contributed by atoms with Crippen LogP contribution in [0.2, 0.25) is 0 Å². The van der Waals surface area contributed by atoms with Crippen molar-refractivity contribution in [1.82, 2.24) is 0 Å². The molecule has 1 aromatic heterocycles. The van der Waals surface area contributed by atoms with E-state index in [0.717, 1.165) is 11.1 Å². The fourth-order valence-electron chi connectivity index (χ4n) is 2.50. The molecule has 0 unspecified atom stereocenters. The van der Waals surface area contributed by atoms with Crippen molar-refractivity contribution in [3.63, 3.8) is 0 Å². The maximum atomic E-state index is 12.2. The summed E-state index contributed by atoms with van der Waals surface area (Å²) in [4.78, 5) is 24.9. The summed E-state index contributed by atoms with van der Waals surface area (Å²) in [6.07, 6.45) is 0. The van der Waals surface area contributed by atoms with E-state index in [1.165, 1.54) is 11.3 Å². The lowest BCUT2D eigenvalue weighted by molar-refractivity contribution is -0.118. The van der Waals surface area contributed by atoms with Gasteiger partial charge in [0.15, 0.2) is 6.61 Å². The standard InChI is InChI=1S/C21H20N2O3S/c1-14-6-3-9-18(15(14)2)26-13-20(24)22-16-7-4-8-17(12-16)23-21(25)19-10-5-11-27-19/h3-12H,13H2,1-2H3,(H,22,24)(H,23,25). The third-order valence-corrected chi connectivity index (χ3v) is 4.93. The summed E-state index contributed by atoms with van der Waals surface area (Å²) >= 11 is 1.37. The fraction of sp³-hybridized carbons (Fsp3) is 0.143. The van der Waals surface area contributed by atoms with Crippen LogP contribution in [0.1, 0.15) is 20.8 Å². The Morgan fingerprint density at radius 3 is 2.44 bits per heavy atom. The van der Waals surface area contributed by atoms with E-state index in [4.69, 9.17) is 4.74 Å². The highest BCUT2D eigenvalue weighted by molar-refractivity contribution is 7.12. The molecule has 2 aromatic carbocycles. The van der Waals surface area contributed by atoms with Gasteiger partial charge in [-0.15, -0.1) is 11.3 Å². The minimum Gasteiger partial charge on any atom is -0.483 e. The molecule has 3 aromatic rings. The second-order valence-electron chi connectivity index (χ2n) is 6.05. The molecule has 1 heterocycles. The molecule has 138 valence electrons. The maximum absolute atomic E-state index is 12.2. The van der Waals surface area contributed by atoms with Crippen LogP contribution in [0, 0.1) is 13.8 Å². The molecule has 3 rings (SSSR count). The quantitative estimate of drug-likeness (QED) is 0.655. The van der Waals surface area contributed by atoms with Gasteiger partial charge >= 0.3 is 0 Å². The van der Waals surface area contributed by atoms with E-state index in [0.29, 0.717) is 22.0 Å². The molecule has 0 fully saturated rings. The SMILES string of the molecule is Cc1cccc(OCC(=O)Nc2cccc(NC(=O)c3cccs3)c2)c1C. The van der Waals surface area contributed by atoms with E-state index in [-0.39, 0.29) is 18.4 Å². The molecule has 2 amide bonds. The Balaban J connectivity index is 1.58. The van der Waals surface area contributed by atoms with Crippen molar-refractivity contribution >= 4 is 34.5 Å². The van der Waals surface area contributed by atoms with Crippen LogP contribution in [0.25, 0.3) is 0 Å². The monoisotopic (exact) mass is 380 g/mol. The van der Waals surface area contributed by atoms with E-state index < -0.39 is 0 Å². The van der Waals surface area contributed by atoms with Crippen LogP contribution in [0.3, 0.4) is 0 Å². The number of hydrogen-bond acceptors (Lipinski definition) is 4. The molecule has 0 bridgehead atoms. The summed E-state index contributed by atoms with van der Waals surface area (Å²) < 4.78 is 5.61. The zero-order chi connectivity index (χ0) is 19.2. The largest absolute Gasteiger partial charge is 0.483 e. The van der Waals surface area contributed by atoms with Crippen molar-refractivity contribution in [3.8, 4) is 5.75 Å². The highest BCUT2D eigenvalue weighted by Gasteiger charge is 2.09. The Morgan fingerprint density at radius 1 is 0.963 bits per heavy atom. The Bertz CT molecular complexity index is 952. The fourth-order valence-corrected chi connectivity index (χ4v) is 3.12. The number of carbonyl (C=O) groups is 2. The number of thiophene rings is 1. The highest BCUT2D eigenvalue weighted by atomic mass is 32.1.